The number of hydrogen-bond donors (Lipinski definition) is 3. The lowest BCUT2D eigenvalue weighted by Crippen LogP contribution is -2.40. The number of amides is 3. The Morgan fingerprint density at radius 3 is 2.58 bits per heavy atom. The van der Waals surface area contributed by atoms with Gasteiger partial charge < -0.3 is 26.0 Å². The number of aromatic nitrogens is 2. The van der Waals surface area contributed by atoms with E-state index in [9.17, 15) is 14.4 Å². The molecule has 0 spiro atoms. The molecule has 0 atom stereocenters. The first-order chi connectivity index (χ1) is 19.3. The van der Waals surface area contributed by atoms with Crippen molar-refractivity contribution < 1.29 is 19.1 Å². The minimum absolute atomic E-state index is 0.0981. The predicted octanol–water partition coefficient (Wildman–Crippen LogP) is 3.46. The molecule has 0 saturated heterocycles. The van der Waals surface area contributed by atoms with Crippen LogP contribution in [0, 0.1) is 0 Å². The molecular weight excluding hydrogens is 510 g/mol. The molecule has 0 radical (unpaired) electrons. The van der Waals surface area contributed by atoms with Gasteiger partial charge in [0.2, 0.25) is 11.8 Å². The van der Waals surface area contributed by atoms with Crippen LogP contribution in [0.15, 0.2) is 41.2 Å². The van der Waals surface area contributed by atoms with Gasteiger partial charge in [-0.3, -0.25) is 9.59 Å². The van der Waals surface area contributed by atoms with E-state index in [0.29, 0.717) is 42.4 Å². The molecule has 212 valence electrons. The topological polar surface area (TPSA) is 152 Å². The number of hydrogen-bond acceptors (Lipinski definition) is 8. The third kappa shape index (κ3) is 7.87. The number of carbonyl (C=O) groups is 3. The quantitative estimate of drug-likeness (QED) is 0.364. The Kier molecular flexibility index (Phi) is 9.82. The number of amidine groups is 1. The Bertz CT molecular complexity index is 1290. The summed E-state index contributed by atoms with van der Waals surface area (Å²) in [5, 5.41) is 5.53. The van der Waals surface area contributed by atoms with Crippen molar-refractivity contribution in [2.45, 2.75) is 65.0 Å². The third-order valence-corrected chi connectivity index (χ3v) is 6.82. The zero-order valence-electron chi connectivity index (χ0n) is 23.1. The molecule has 4 N–H and O–H groups in total. The van der Waals surface area contributed by atoms with Crippen LogP contribution in [-0.2, 0) is 20.9 Å². The van der Waals surface area contributed by atoms with Gasteiger partial charge in [-0.2, -0.15) is 0 Å². The standard InChI is InChI=1S/C29H37N7O4/c1-3-10-36(11-5-12-40-29(39)34-24-6-4-7-24)28(38)22-13-21-9-8-20(14-25(21)35-26(30)15-22)23-16-32-27(33-17-23)18-31-19(2)37/h8-9,13-14,16-17,24H,3-7,10-12,15,18H2,1-2H3,(H2,30,35)(H,31,37)(H,34,39). The molecule has 2 aromatic rings. The molecular formula is C29H37N7O4. The van der Waals surface area contributed by atoms with Crippen molar-refractivity contribution in [2.75, 3.05) is 19.7 Å². The summed E-state index contributed by atoms with van der Waals surface area (Å²) >= 11 is 0. The van der Waals surface area contributed by atoms with Gasteiger partial charge in [0.1, 0.15) is 11.7 Å². The molecule has 11 heteroatoms. The van der Waals surface area contributed by atoms with Gasteiger partial charge in [-0.25, -0.2) is 19.8 Å². The number of ether oxygens (including phenoxy) is 1. The first-order valence-corrected chi connectivity index (χ1v) is 13.8. The average Bonchev–Trinajstić information content (AvgIpc) is 3.08. The highest BCUT2D eigenvalue weighted by atomic mass is 16.5. The summed E-state index contributed by atoms with van der Waals surface area (Å²) in [4.78, 5) is 51.5. The van der Waals surface area contributed by atoms with E-state index >= 15 is 0 Å². The van der Waals surface area contributed by atoms with Crippen molar-refractivity contribution >= 4 is 35.5 Å². The molecule has 1 aromatic heterocycles. The van der Waals surface area contributed by atoms with E-state index in [0.717, 1.165) is 42.4 Å². The van der Waals surface area contributed by atoms with Gasteiger partial charge in [0.25, 0.3) is 0 Å². The highest BCUT2D eigenvalue weighted by molar-refractivity contribution is 6.05. The summed E-state index contributed by atoms with van der Waals surface area (Å²) in [5.41, 5.74) is 9.92. The number of rotatable bonds is 11. The Morgan fingerprint density at radius 1 is 1.12 bits per heavy atom. The predicted molar refractivity (Wildman–Crippen MR) is 152 cm³/mol. The molecule has 4 rings (SSSR count). The summed E-state index contributed by atoms with van der Waals surface area (Å²) < 4.78 is 5.29. The highest BCUT2D eigenvalue weighted by Crippen LogP contribution is 2.31. The molecule has 3 amide bonds. The first-order valence-electron chi connectivity index (χ1n) is 13.8. The summed E-state index contributed by atoms with van der Waals surface area (Å²) in [7, 11) is 0. The molecule has 1 aliphatic heterocycles. The minimum atomic E-state index is -0.392. The van der Waals surface area contributed by atoms with Crippen molar-refractivity contribution in [3.05, 3.63) is 47.6 Å². The molecule has 2 aliphatic rings. The Hall–Kier alpha value is -4.28. The maximum atomic E-state index is 13.5. The number of fused-ring (bicyclic) bond motifs is 1. The lowest BCUT2D eigenvalue weighted by molar-refractivity contribution is -0.127. The minimum Gasteiger partial charge on any atom is -0.449 e. The van der Waals surface area contributed by atoms with Crippen LogP contribution in [0.4, 0.5) is 10.5 Å². The zero-order chi connectivity index (χ0) is 28.5. The van der Waals surface area contributed by atoms with Crippen molar-refractivity contribution in [1.82, 2.24) is 25.5 Å². The largest absolute Gasteiger partial charge is 0.449 e. The number of carbonyl (C=O) groups excluding carboxylic acids is 3. The van der Waals surface area contributed by atoms with Crippen LogP contribution in [0.3, 0.4) is 0 Å². The molecule has 1 aliphatic carbocycles. The first kappa shape index (κ1) is 28.7. The second-order valence-corrected chi connectivity index (χ2v) is 10.1. The van der Waals surface area contributed by atoms with Crippen LogP contribution in [0.2, 0.25) is 0 Å². The Morgan fingerprint density at radius 2 is 1.90 bits per heavy atom. The number of nitrogens with two attached hydrogens (primary N) is 1. The van der Waals surface area contributed by atoms with Gasteiger partial charge in [0.05, 0.1) is 18.8 Å². The fourth-order valence-corrected chi connectivity index (χ4v) is 4.48. The Labute approximate surface area is 234 Å². The van der Waals surface area contributed by atoms with Crippen LogP contribution in [0.5, 0.6) is 0 Å². The molecule has 2 heterocycles. The summed E-state index contributed by atoms with van der Waals surface area (Å²) in [6, 6.07) is 5.96. The van der Waals surface area contributed by atoms with Gasteiger partial charge in [0, 0.05) is 61.6 Å². The number of alkyl carbamates (subject to hydrolysis) is 1. The lowest BCUT2D eigenvalue weighted by atomic mass is 9.93. The van der Waals surface area contributed by atoms with E-state index < -0.39 is 6.09 Å². The van der Waals surface area contributed by atoms with Gasteiger partial charge in [-0.1, -0.05) is 19.1 Å². The molecule has 0 unspecified atom stereocenters. The van der Waals surface area contributed by atoms with Crippen LogP contribution in [0.25, 0.3) is 17.2 Å². The van der Waals surface area contributed by atoms with Gasteiger partial charge in [-0.15, -0.1) is 0 Å². The van der Waals surface area contributed by atoms with Crippen LogP contribution < -0.4 is 16.4 Å². The van der Waals surface area contributed by atoms with Crippen molar-refractivity contribution in [1.29, 1.82) is 0 Å². The van der Waals surface area contributed by atoms with Gasteiger partial charge in [0.15, 0.2) is 0 Å². The van der Waals surface area contributed by atoms with Gasteiger partial charge >= 0.3 is 6.09 Å². The summed E-state index contributed by atoms with van der Waals surface area (Å²) in [6.45, 7) is 5.04. The van der Waals surface area contributed by atoms with Gasteiger partial charge in [-0.05, 0) is 49.8 Å². The number of benzene rings is 1. The molecule has 40 heavy (non-hydrogen) atoms. The second kappa shape index (κ2) is 13.7. The maximum Gasteiger partial charge on any atom is 0.407 e. The van der Waals surface area contributed by atoms with Crippen LogP contribution in [-0.4, -0.2) is 64.3 Å². The van der Waals surface area contributed by atoms with E-state index in [2.05, 4.69) is 25.6 Å². The average molecular weight is 548 g/mol. The Balaban J connectivity index is 1.41. The SMILES string of the molecule is CCCN(CCCOC(=O)NC1CCC1)C(=O)C1=Cc2ccc(-c3cnc(CNC(C)=O)nc3)cc2N=C(N)C1. The molecule has 1 saturated carbocycles. The molecule has 0 bridgehead atoms. The number of nitrogens with one attached hydrogen (secondary N) is 2. The van der Waals surface area contributed by atoms with E-state index in [1.807, 2.05) is 31.2 Å². The fourth-order valence-electron chi connectivity index (χ4n) is 4.48. The smallest absolute Gasteiger partial charge is 0.407 e. The van der Waals surface area contributed by atoms with E-state index in [1.54, 1.807) is 17.3 Å². The van der Waals surface area contributed by atoms with Crippen molar-refractivity contribution in [3.8, 4) is 11.1 Å². The van der Waals surface area contributed by atoms with Crippen LogP contribution >= 0.6 is 0 Å². The monoisotopic (exact) mass is 547 g/mol. The van der Waals surface area contributed by atoms with E-state index in [4.69, 9.17) is 10.5 Å². The lowest BCUT2D eigenvalue weighted by Gasteiger charge is -2.26. The summed E-state index contributed by atoms with van der Waals surface area (Å²) in [6.07, 6.45) is 9.59. The zero-order valence-corrected chi connectivity index (χ0v) is 23.1. The molecule has 1 aromatic carbocycles. The molecule has 1 fully saturated rings. The van der Waals surface area contributed by atoms with Crippen LogP contribution in [0.1, 0.15) is 63.8 Å². The van der Waals surface area contributed by atoms with E-state index in [-0.39, 0.29) is 37.4 Å². The highest BCUT2D eigenvalue weighted by Gasteiger charge is 2.22. The number of nitrogens with zero attached hydrogens (tertiary/aromatic N) is 4. The second-order valence-electron chi connectivity index (χ2n) is 10.1. The third-order valence-electron chi connectivity index (χ3n) is 6.82. The maximum absolute atomic E-state index is 13.5. The normalized spacial score (nSPS) is 14.6. The van der Waals surface area contributed by atoms with Crippen molar-refractivity contribution in [2.24, 2.45) is 10.7 Å². The fraction of sp³-hybridized carbons (Fsp3) is 0.448. The summed E-state index contributed by atoms with van der Waals surface area (Å²) in [5.74, 6) is 0.626. The molecule has 11 nitrogen and oxygen atoms in total. The van der Waals surface area contributed by atoms with Crippen molar-refractivity contribution in [3.63, 3.8) is 0 Å². The number of aliphatic imine (C=N–C) groups is 1. The van der Waals surface area contributed by atoms with E-state index in [1.165, 1.54) is 6.92 Å².